The predicted molar refractivity (Wildman–Crippen MR) is 112 cm³/mol. The van der Waals surface area contributed by atoms with E-state index in [-0.39, 0.29) is 16.2 Å². The summed E-state index contributed by atoms with van der Waals surface area (Å²) >= 11 is 0. The topological polar surface area (TPSA) is 92.0 Å². The van der Waals surface area contributed by atoms with Gasteiger partial charge in [0.2, 0.25) is 0 Å². The Morgan fingerprint density at radius 3 is 2.57 bits per heavy atom. The summed E-state index contributed by atoms with van der Waals surface area (Å²) in [5, 5.41) is 3.17. The van der Waals surface area contributed by atoms with Gasteiger partial charge in [-0.1, -0.05) is 12.1 Å². The molecule has 30 heavy (non-hydrogen) atoms. The average molecular weight is 429 g/mol. The number of benzene rings is 2. The van der Waals surface area contributed by atoms with Crippen LogP contribution in [-0.2, 0) is 10.0 Å². The minimum atomic E-state index is -3.83. The van der Waals surface area contributed by atoms with E-state index in [0.29, 0.717) is 28.9 Å². The summed E-state index contributed by atoms with van der Waals surface area (Å²) in [6.45, 7) is 2.46. The van der Waals surface area contributed by atoms with Crippen LogP contribution in [0.25, 0.3) is 11.0 Å². The Morgan fingerprint density at radius 2 is 1.93 bits per heavy atom. The summed E-state index contributed by atoms with van der Waals surface area (Å²) in [5.74, 6) is -0.548. The van der Waals surface area contributed by atoms with E-state index in [0.717, 1.165) is 13.0 Å². The molecular formula is C21H20FN3O4S. The van der Waals surface area contributed by atoms with Crippen molar-refractivity contribution >= 4 is 38.4 Å². The number of sulfonamides is 1. The Hall–Kier alpha value is -3.20. The molecule has 0 unspecified atom stereocenters. The number of hydrogen-bond acceptors (Lipinski definition) is 4. The molecule has 0 aliphatic carbocycles. The molecule has 1 fully saturated rings. The number of hydrogen-bond donors (Lipinski definition) is 1. The van der Waals surface area contributed by atoms with Gasteiger partial charge in [0.1, 0.15) is 5.84 Å². The van der Waals surface area contributed by atoms with Gasteiger partial charge in [0.05, 0.1) is 4.90 Å². The average Bonchev–Trinajstić information content (AvgIpc) is 3.26. The summed E-state index contributed by atoms with van der Waals surface area (Å²) < 4.78 is 48.3. The van der Waals surface area contributed by atoms with Crippen LogP contribution in [0, 0.1) is 12.7 Å². The van der Waals surface area contributed by atoms with Gasteiger partial charge in [-0.3, -0.25) is 4.79 Å². The highest BCUT2D eigenvalue weighted by molar-refractivity contribution is 7.90. The molecule has 156 valence electrons. The highest BCUT2D eigenvalue weighted by Gasteiger charge is 2.22. The van der Waals surface area contributed by atoms with Crippen molar-refractivity contribution in [3.63, 3.8) is 0 Å². The molecule has 0 radical (unpaired) electrons. The summed E-state index contributed by atoms with van der Waals surface area (Å²) in [6.07, 6.45) is 1.50. The van der Waals surface area contributed by atoms with Crippen molar-refractivity contribution in [3.8, 4) is 0 Å². The van der Waals surface area contributed by atoms with Crippen LogP contribution in [0.1, 0.15) is 29.0 Å². The Bertz CT molecular complexity index is 1260. The van der Waals surface area contributed by atoms with Crippen molar-refractivity contribution in [1.82, 2.24) is 4.90 Å². The normalized spacial score (nSPS) is 15.8. The predicted octanol–water partition coefficient (Wildman–Crippen LogP) is 3.95. The van der Waals surface area contributed by atoms with Crippen molar-refractivity contribution in [2.24, 2.45) is 4.40 Å². The van der Waals surface area contributed by atoms with Crippen LogP contribution in [0.15, 0.2) is 56.2 Å². The van der Waals surface area contributed by atoms with Crippen LogP contribution >= 0.6 is 0 Å². The smallest absolute Gasteiger partial charge is 0.291 e. The third kappa shape index (κ3) is 3.68. The minimum Gasteiger partial charge on any atom is -0.448 e. The third-order valence-electron chi connectivity index (χ3n) is 5.09. The monoisotopic (exact) mass is 429 g/mol. The van der Waals surface area contributed by atoms with Gasteiger partial charge in [-0.25, -0.2) is 4.39 Å². The molecule has 1 aliphatic rings. The van der Waals surface area contributed by atoms with Crippen molar-refractivity contribution < 1.29 is 22.0 Å². The molecule has 0 saturated carbocycles. The van der Waals surface area contributed by atoms with Crippen LogP contribution in [-0.4, -0.2) is 38.7 Å². The number of aryl methyl sites for hydroxylation is 1. The van der Waals surface area contributed by atoms with E-state index in [2.05, 4.69) is 9.71 Å². The number of rotatable bonds is 4. The zero-order chi connectivity index (χ0) is 21.5. The zero-order valence-electron chi connectivity index (χ0n) is 16.5. The molecule has 0 bridgehead atoms. The first kappa shape index (κ1) is 20.1. The highest BCUT2D eigenvalue weighted by atomic mass is 32.2. The van der Waals surface area contributed by atoms with Crippen molar-refractivity contribution in [3.05, 3.63) is 59.6 Å². The third-order valence-corrected chi connectivity index (χ3v) is 6.41. The molecule has 4 rings (SSSR count). The largest absolute Gasteiger partial charge is 0.448 e. The summed E-state index contributed by atoms with van der Waals surface area (Å²) in [5.41, 5.74) is 0.931. The molecule has 2 aromatic carbocycles. The minimum absolute atomic E-state index is 0.00229. The van der Waals surface area contributed by atoms with Crippen molar-refractivity contribution in [2.75, 3.05) is 18.9 Å². The molecular weight excluding hydrogens is 409 g/mol. The number of halogens is 1. The number of furan rings is 1. The molecule has 3 aromatic rings. The summed E-state index contributed by atoms with van der Waals surface area (Å²) in [6, 6.07) is 10.2. The van der Waals surface area contributed by atoms with E-state index in [9.17, 15) is 17.6 Å². The van der Waals surface area contributed by atoms with E-state index < -0.39 is 21.7 Å². The number of likely N-dealkylation sites (tertiary alicyclic amines) is 1. The first-order chi connectivity index (χ1) is 14.3. The number of nitrogens with zero attached hydrogens (tertiary/aromatic N) is 2. The number of carbonyl (C=O) groups is 1. The number of carbonyl (C=O) groups excluding carboxylic acids is 1. The van der Waals surface area contributed by atoms with Crippen LogP contribution in [0.4, 0.5) is 10.1 Å². The molecule has 7 nitrogen and oxygen atoms in total. The van der Waals surface area contributed by atoms with Gasteiger partial charge in [-0.05, 0) is 43.7 Å². The summed E-state index contributed by atoms with van der Waals surface area (Å²) in [7, 11) is -2.02. The quantitative estimate of drug-likeness (QED) is 0.678. The molecule has 2 heterocycles. The second-order valence-electron chi connectivity index (χ2n) is 7.16. The zero-order valence-corrected chi connectivity index (χ0v) is 17.3. The fraction of sp³-hybridized carbons (Fsp3) is 0.238. The highest BCUT2D eigenvalue weighted by Crippen LogP contribution is 2.28. The number of para-hydroxylation sites is 1. The fourth-order valence-electron chi connectivity index (χ4n) is 3.42. The van der Waals surface area contributed by atoms with Gasteiger partial charge < -0.3 is 14.6 Å². The Balaban J connectivity index is 1.55. The van der Waals surface area contributed by atoms with E-state index >= 15 is 0 Å². The lowest BCUT2D eigenvalue weighted by Crippen LogP contribution is -2.20. The maximum atomic E-state index is 13.9. The Morgan fingerprint density at radius 1 is 1.20 bits per heavy atom. The van der Waals surface area contributed by atoms with Crippen molar-refractivity contribution in [2.45, 2.75) is 24.7 Å². The van der Waals surface area contributed by atoms with Gasteiger partial charge in [0.15, 0.2) is 17.2 Å². The molecule has 1 aromatic heterocycles. The number of amidine groups is 1. The van der Waals surface area contributed by atoms with Crippen molar-refractivity contribution in [1.29, 1.82) is 0 Å². The van der Waals surface area contributed by atoms with Gasteiger partial charge in [-0.2, -0.15) is 8.42 Å². The van der Waals surface area contributed by atoms with Crippen LogP contribution < -0.4 is 5.32 Å². The molecule has 1 amide bonds. The Labute approximate surface area is 173 Å². The van der Waals surface area contributed by atoms with E-state index in [1.807, 2.05) is 11.9 Å². The van der Waals surface area contributed by atoms with Gasteiger partial charge in [-0.15, -0.1) is 4.40 Å². The lowest BCUT2D eigenvalue weighted by molar-refractivity contribution is 0.0997. The maximum Gasteiger partial charge on any atom is 0.291 e. The molecule has 0 spiro atoms. The standard InChI is InChI=1S/C21H20FN3O4S/c1-13-16-5-3-6-17(22)20(16)29-19(13)21(26)23-14-8-10-15(11-9-14)30(27,28)24-18-7-4-12-25(18)2/h3,5-6,8-11H,4,7,12H2,1-2H3,(H,23,26)/b24-18-. The lowest BCUT2D eigenvalue weighted by Gasteiger charge is -2.11. The Kier molecular flexibility index (Phi) is 5.07. The molecule has 0 atom stereocenters. The molecule has 9 heteroatoms. The van der Waals surface area contributed by atoms with Crippen LogP contribution in [0.3, 0.4) is 0 Å². The second-order valence-corrected chi connectivity index (χ2v) is 8.76. The summed E-state index contributed by atoms with van der Waals surface area (Å²) in [4.78, 5) is 14.5. The first-order valence-electron chi connectivity index (χ1n) is 9.40. The molecule has 1 aliphatic heterocycles. The first-order valence-corrected chi connectivity index (χ1v) is 10.8. The number of amides is 1. The lowest BCUT2D eigenvalue weighted by atomic mass is 10.1. The number of nitrogens with one attached hydrogen (secondary N) is 1. The molecule has 1 N–H and O–H groups in total. The maximum absolute atomic E-state index is 13.9. The van der Waals surface area contributed by atoms with Gasteiger partial charge in [0.25, 0.3) is 15.9 Å². The van der Waals surface area contributed by atoms with Crippen LogP contribution in [0.2, 0.25) is 0 Å². The van der Waals surface area contributed by atoms with Gasteiger partial charge >= 0.3 is 0 Å². The second kappa shape index (κ2) is 7.56. The SMILES string of the molecule is Cc1c(C(=O)Nc2ccc(S(=O)(=O)/N=C3/CCCN3C)cc2)oc2c(F)cccc12. The number of fused-ring (bicyclic) bond motifs is 1. The number of anilines is 1. The van der Waals surface area contributed by atoms with E-state index in [1.165, 1.54) is 30.3 Å². The van der Waals surface area contributed by atoms with E-state index in [1.54, 1.807) is 19.1 Å². The van der Waals surface area contributed by atoms with Gasteiger partial charge in [0, 0.05) is 36.7 Å². The fourth-order valence-corrected chi connectivity index (χ4v) is 4.52. The molecule has 1 saturated heterocycles. The van der Waals surface area contributed by atoms with E-state index in [4.69, 9.17) is 4.42 Å². The van der Waals surface area contributed by atoms with Crippen LogP contribution in [0.5, 0.6) is 0 Å².